The highest BCUT2D eigenvalue weighted by atomic mass is 79.9. The molecular weight excluding hydrogens is 450 g/mol. The number of benzene rings is 3. The van der Waals surface area contributed by atoms with Crippen LogP contribution >= 0.6 is 27.5 Å². The third-order valence-corrected chi connectivity index (χ3v) is 5.48. The highest BCUT2D eigenvalue weighted by molar-refractivity contribution is 9.10. The molecule has 0 aliphatic heterocycles. The molecule has 0 radical (unpaired) electrons. The molecule has 0 spiro atoms. The zero-order valence-electron chi connectivity index (χ0n) is 15.3. The predicted molar refractivity (Wildman–Crippen MR) is 122 cm³/mol. The third-order valence-electron chi connectivity index (χ3n) is 4.55. The maximum atomic E-state index is 12.3. The molecule has 1 aromatic heterocycles. The Bertz CT molecular complexity index is 1220. The molecule has 0 fully saturated rings. The highest BCUT2D eigenvalue weighted by Gasteiger charge is 2.09. The second-order valence-electron chi connectivity index (χ2n) is 6.54. The molecule has 3 aromatic carbocycles. The molecule has 6 heteroatoms. The zero-order chi connectivity index (χ0) is 20.2. The van der Waals surface area contributed by atoms with Crippen molar-refractivity contribution in [2.75, 3.05) is 0 Å². The van der Waals surface area contributed by atoms with Crippen LogP contribution in [-0.2, 0) is 6.54 Å². The Kier molecular flexibility index (Phi) is 5.79. The van der Waals surface area contributed by atoms with Gasteiger partial charge >= 0.3 is 0 Å². The minimum Gasteiger partial charge on any atom is -0.342 e. The van der Waals surface area contributed by atoms with Crippen molar-refractivity contribution in [1.29, 1.82) is 0 Å². The summed E-state index contributed by atoms with van der Waals surface area (Å²) < 4.78 is 2.88. The van der Waals surface area contributed by atoms with E-state index < -0.39 is 0 Å². The highest BCUT2D eigenvalue weighted by Crippen LogP contribution is 2.22. The van der Waals surface area contributed by atoms with Gasteiger partial charge in [-0.1, -0.05) is 54.1 Å². The van der Waals surface area contributed by atoms with Gasteiger partial charge in [0.2, 0.25) is 0 Å². The van der Waals surface area contributed by atoms with E-state index in [4.69, 9.17) is 11.6 Å². The lowest BCUT2D eigenvalue weighted by Gasteiger charge is -2.05. The Hall–Kier alpha value is -2.89. The van der Waals surface area contributed by atoms with Gasteiger partial charge in [-0.05, 0) is 51.8 Å². The van der Waals surface area contributed by atoms with Gasteiger partial charge in [0.25, 0.3) is 5.91 Å². The summed E-state index contributed by atoms with van der Waals surface area (Å²) in [5.74, 6) is -0.267. The van der Waals surface area contributed by atoms with Crippen molar-refractivity contribution >= 4 is 50.6 Å². The molecule has 0 saturated carbocycles. The first kappa shape index (κ1) is 19.4. The van der Waals surface area contributed by atoms with Crippen molar-refractivity contribution in [1.82, 2.24) is 9.99 Å². The Morgan fingerprint density at radius 3 is 2.69 bits per heavy atom. The molecule has 4 aromatic rings. The molecule has 0 atom stereocenters. The van der Waals surface area contributed by atoms with E-state index in [-0.39, 0.29) is 5.91 Å². The second kappa shape index (κ2) is 8.64. The van der Waals surface area contributed by atoms with E-state index in [1.54, 1.807) is 12.3 Å². The van der Waals surface area contributed by atoms with E-state index in [0.29, 0.717) is 12.1 Å². The number of aromatic nitrogens is 1. The van der Waals surface area contributed by atoms with Crippen LogP contribution in [0.3, 0.4) is 0 Å². The van der Waals surface area contributed by atoms with Crippen molar-refractivity contribution in [3.8, 4) is 0 Å². The van der Waals surface area contributed by atoms with Gasteiger partial charge in [0, 0.05) is 38.7 Å². The molecule has 0 unspecified atom stereocenters. The molecule has 0 bridgehead atoms. The molecular formula is C23H17BrClN3O. The van der Waals surface area contributed by atoms with Gasteiger partial charge in [-0.25, -0.2) is 5.43 Å². The van der Waals surface area contributed by atoms with E-state index in [1.165, 1.54) is 0 Å². The van der Waals surface area contributed by atoms with Gasteiger partial charge in [-0.15, -0.1) is 0 Å². The van der Waals surface area contributed by atoms with Crippen molar-refractivity contribution in [3.63, 3.8) is 0 Å². The van der Waals surface area contributed by atoms with Crippen LogP contribution < -0.4 is 5.43 Å². The number of amides is 1. The maximum Gasteiger partial charge on any atom is 0.272 e. The molecule has 4 nitrogen and oxygen atoms in total. The summed E-state index contributed by atoms with van der Waals surface area (Å²) in [5.41, 5.74) is 6.26. The minimum absolute atomic E-state index is 0.267. The van der Waals surface area contributed by atoms with E-state index in [0.717, 1.165) is 31.5 Å². The Morgan fingerprint density at radius 2 is 1.86 bits per heavy atom. The molecule has 0 saturated heterocycles. The summed E-state index contributed by atoms with van der Waals surface area (Å²) in [5, 5.41) is 5.95. The number of nitrogens with zero attached hydrogens (tertiary/aromatic N) is 2. The van der Waals surface area contributed by atoms with Crippen molar-refractivity contribution in [2.45, 2.75) is 6.54 Å². The van der Waals surface area contributed by atoms with Gasteiger partial charge in [0.05, 0.1) is 11.8 Å². The van der Waals surface area contributed by atoms with Crippen LogP contribution in [0, 0.1) is 0 Å². The fourth-order valence-corrected chi connectivity index (χ4v) is 3.88. The lowest BCUT2D eigenvalue weighted by atomic mass is 10.2. The monoisotopic (exact) mass is 465 g/mol. The molecule has 0 aliphatic carbocycles. The van der Waals surface area contributed by atoms with Crippen molar-refractivity contribution in [2.24, 2.45) is 5.10 Å². The van der Waals surface area contributed by atoms with Crippen LogP contribution in [-0.4, -0.2) is 16.7 Å². The number of carbonyl (C=O) groups excluding carboxylic acids is 1. The summed E-state index contributed by atoms with van der Waals surface area (Å²) in [6.45, 7) is 0.693. The number of carbonyl (C=O) groups is 1. The quantitative estimate of drug-likeness (QED) is 0.290. The van der Waals surface area contributed by atoms with Crippen LogP contribution in [0.15, 0.2) is 88.6 Å². The number of nitrogens with one attached hydrogen (secondary N) is 1. The lowest BCUT2D eigenvalue weighted by Crippen LogP contribution is -2.18. The standard InChI is InChI=1S/C23H17BrClN3O/c24-21-10-3-1-9-20(21)23(29)27-26-13-17-15-28(22-11-4-2-8-19(17)22)14-16-6-5-7-18(25)12-16/h1-13,15H,14H2,(H,27,29)/b26-13+. The molecule has 4 rings (SSSR count). The Balaban J connectivity index is 1.58. The first-order valence-electron chi connectivity index (χ1n) is 9.02. The Morgan fingerprint density at radius 1 is 1.07 bits per heavy atom. The molecule has 29 heavy (non-hydrogen) atoms. The average Bonchev–Trinajstić information content (AvgIpc) is 3.06. The summed E-state index contributed by atoms with van der Waals surface area (Å²) in [6.07, 6.45) is 3.70. The summed E-state index contributed by atoms with van der Waals surface area (Å²) in [4.78, 5) is 12.3. The van der Waals surface area contributed by atoms with Gasteiger partial charge in [-0.2, -0.15) is 5.10 Å². The molecule has 144 valence electrons. The second-order valence-corrected chi connectivity index (χ2v) is 7.83. The SMILES string of the molecule is O=C(N/N=C/c1cn(Cc2cccc(Cl)c2)c2ccccc12)c1ccccc1Br. The first-order chi connectivity index (χ1) is 14.1. The van der Waals surface area contributed by atoms with E-state index in [1.807, 2.05) is 66.9 Å². The fourth-order valence-electron chi connectivity index (χ4n) is 3.21. The van der Waals surface area contributed by atoms with E-state index in [2.05, 4.69) is 37.1 Å². The summed E-state index contributed by atoms with van der Waals surface area (Å²) in [7, 11) is 0. The summed E-state index contributed by atoms with van der Waals surface area (Å²) in [6, 6.07) is 23.2. The number of hydrogen-bond donors (Lipinski definition) is 1. The predicted octanol–water partition coefficient (Wildman–Crippen LogP) is 5.87. The van der Waals surface area contributed by atoms with Crippen LogP contribution in [0.2, 0.25) is 5.02 Å². The zero-order valence-corrected chi connectivity index (χ0v) is 17.7. The number of fused-ring (bicyclic) bond motifs is 1. The van der Waals surface area contributed by atoms with Crippen LogP contribution in [0.25, 0.3) is 10.9 Å². The molecule has 1 heterocycles. The molecule has 1 N–H and O–H groups in total. The number of halogens is 2. The first-order valence-corrected chi connectivity index (χ1v) is 10.2. The minimum atomic E-state index is -0.267. The van der Waals surface area contributed by atoms with Gasteiger partial charge < -0.3 is 4.57 Å². The van der Waals surface area contributed by atoms with Gasteiger partial charge in [0.1, 0.15) is 0 Å². The van der Waals surface area contributed by atoms with Crippen LogP contribution in [0.4, 0.5) is 0 Å². The van der Waals surface area contributed by atoms with E-state index in [9.17, 15) is 4.79 Å². The van der Waals surface area contributed by atoms with E-state index >= 15 is 0 Å². The van der Waals surface area contributed by atoms with Crippen LogP contribution in [0.1, 0.15) is 21.5 Å². The number of para-hydroxylation sites is 1. The maximum absolute atomic E-state index is 12.3. The van der Waals surface area contributed by atoms with Gasteiger partial charge in [-0.3, -0.25) is 4.79 Å². The smallest absolute Gasteiger partial charge is 0.272 e. The molecule has 1 amide bonds. The average molecular weight is 467 g/mol. The number of rotatable bonds is 5. The van der Waals surface area contributed by atoms with Crippen LogP contribution in [0.5, 0.6) is 0 Å². The Labute approximate surface area is 181 Å². The van der Waals surface area contributed by atoms with Crippen molar-refractivity contribution in [3.05, 3.63) is 105 Å². The van der Waals surface area contributed by atoms with Gasteiger partial charge in [0.15, 0.2) is 0 Å². The number of hydrogen-bond acceptors (Lipinski definition) is 2. The lowest BCUT2D eigenvalue weighted by molar-refractivity contribution is 0.0954. The number of hydrazone groups is 1. The van der Waals surface area contributed by atoms with Crippen molar-refractivity contribution < 1.29 is 4.79 Å². The topological polar surface area (TPSA) is 46.4 Å². The summed E-state index contributed by atoms with van der Waals surface area (Å²) >= 11 is 9.50. The molecule has 0 aliphatic rings. The third kappa shape index (κ3) is 4.42. The fraction of sp³-hybridized carbons (Fsp3) is 0.0435. The largest absolute Gasteiger partial charge is 0.342 e. The normalized spacial score (nSPS) is 11.2.